The molecule has 1 aromatic heterocycles. The van der Waals surface area contributed by atoms with Gasteiger partial charge >= 0.3 is 0 Å². The van der Waals surface area contributed by atoms with Crippen molar-refractivity contribution >= 4 is 34.8 Å². The van der Waals surface area contributed by atoms with E-state index in [1.807, 2.05) is 0 Å². The minimum atomic E-state index is -0.452. The summed E-state index contributed by atoms with van der Waals surface area (Å²) >= 11 is 6.16. The number of aromatic nitrogens is 1. The van der Waals surface area contributed by atoms with Crippen LogP contribution in [-0.2, 0) is 0 Å². The largest absolute Gasteiger partial charge is 0.322 e. The number of pyridine rings is 1. The van der Waals surface area contributed by atoms with Gasteiger partial charge in [0.15, 0.2) is 0 Å². The van der Waals surface area contributed by atoms with Crippen molar-refractivity contribution < 1.29 is 14.0 Å². The Morgan fingerprint density at radius 2 is 1.79 bits per heavy atom. The maximum atomic E-state index is 13.9. The van der Waals surface area contributed by atoms with Gasteiger partial charge in [-0.3, -0.25) is 14.6 Å². The summed E-state index contributed by atoms with van der Waals surface area (Å²) in [6.07, 6.45) is 5.13. The SMILES string of the molecule is O=C(Nc1ccc(Cl)c(C(=O)Nc2cccnc2)c1)c1cc(F)cc(C2CC2)c1. The summed E-state index contributed by atoms with van der Waals surface area (Å²) in [4.78, 5) is 29.1. The highest BCUT2D eigenvalue weighted by molar-refractivity contribution is 6.34. The van der Waals surface area contributed by atoms with Gasteiger partial charge in [0.2, 0.25) is 0 Å². The predicted octanol–water partition coefficient (Wildman–Crippen LogP) is 5.26. The number of halogens is 2. The van der Waals surface area contributed by atoms with Gasteiger partial charge in [-0.05, 0) is 72.9 Å². The molecule has 0 radical (unpaired) electrons. The number of hydrogen-bond donors (Lipinski definition) is 2. The summed E-state index contributed by atoms with van der Waals surface area (Å²) in [5.74, 6) is -0.990. The van der Waals surface area contributed by atoms with Crippen molar-refractivity contribution in [2.75, 3.05) is 10.6 Å². The van der Waals surface area contributed by atoms with E-state index in [2.05, 4.69) is 15.6 Å². The number of nitrogens with one attached hydrogen (secondary N) is 2. The molecular weight excluding hydrogens is 393 g/mol. The van der Waals surface area contributed by atoms with Crippen molar-refractivity contribution in [3.8, 4) is 0 Å². The molecule has 1 fully saturated rings. The Morgan fingerprint density at radius 1 is 1.00 bits per heavy atom. The van der Waals surface area contributed by atoms with Crippen molar-refractivity contribution in [2.24, 2.45) is 0 Å². The third kappa shape index (κ3) is 4.60. The third-order valence-electron chi connectivity index (χ3n) is 4.62. The molecule has 0 saturated heterocycles. The van der Waals surface area contributed by atoms with Crippen LogP contribution in [0.25, 0.3) is 0 Å². The Balaban J connectivity index is 1.53. The van der Waals surface area contributed by atoms with Gasteiger partial charge in [0.1, 0.15) is 5.82 Å². The maximum Gasteiger partial charge on any atom is 0.257 e. The van der Waals surface area contributed by atoms with Gasteiger partial charge in [0.25, 0.3) is 11.8 Å². The van der Waals surface area contributed by atoms with E-state index in [1.165, 1.54) is 30.5 Å². The molecular formula is C22H17ClFN3O2. The lowest BCUT2D eigenvalue weighted by Gasteiger charge is -2.11. The van der Waals surface area contributed by atoms with Crippen molar-refractivity contribution in [3.63, 3.8) is 0 Å². The molecule has 1 heterocycles. The molecule has 1 saturated carbocycles. The van der Waals surface area contributed by atoms with Crippen LogP contribution in [0.2, 0.25) is 5.02 Å². The predicted molar refractivity (Wildman–Crippen MR) is 110 cm³/mol. The Hall–Kier alpha value is -3.25. The van der Waals surface area contributed by atoms with E-state index >= 15 is 0 Å². The quantitative estimate of drug-likeness (QED) is 0.604. The van der Waals surface area contributed by atoms with Crippen LogP contribution in [0.4, 0.5) is 15.8 Å². The van der Waals surface area contributed by atoms with Crippen LogP contribution in [0.5, 0.6) is 0 Å². The molecule has 29 heavy (non-hydrogen) atoms. The second-order valence-corrected chi connectivity index (χ2v) is 7.30. The molecule has 7 heteroatoms. The van der Waals surface area contributed by atoms with Crippen molar-refractivity contribution in [1.82, 2.24) is 4.98 Å². The van der Waals surface area contributed by atoms with Crippen LogP contribution in [-0.4, -0.2) is 16.8 Å². The first-order chi connectivity index (χ1) is 14.0. The number of rotatable bonds is 5. The van der Waals surface area contributed by atoms with Crippen LogP contribution in [0.15, 0.2) is 60.9 Å². The molecule has 0 atom stereocenters. The highest BCUT2D eigenvalue weighted by Gasteiger charge is 2.25. The molecule has 0 aliphatic heterocycles. The maximum absolute atomic E-state index is 13.9. The number of carbonyl (C=O) groups excluding carboxylic acids is 2. The topological polar surface area (TPSA) is 71.1 Å². The van der Waals surface area contributed by atoms with Crippen molar-refractivity contribution in [2.45, 2.75) is 18.8 Å². The third-order valence-corrected chi connectivity index (χ3v) is 4.95. The van der Waals surface area contributed by atoms with E-state index in [1.54, 1.807) is 30.5 Å². The fraction of sp³-hybridized carbons (Fsp3) is 0.136. The van der Waals surface area contributed by atoms with Gasteiger partial charge in [-0.2, -0.15) is 0 Å². The van der Waals surface area contributed by atoms with Gasteiger partial charge in [-0.1, -0.05) is 11.6 Å². The first-order valence-electron chi connectivity index (χ1n) is 9.12. The molecule has 1 aliphatic rings. The highest BCUT2D eigenvalue weighted by atomic mass is 35.5. The lowest BCUT2D eigenvalue weighted by Crippen LogP contribution is -2.15. The average molecular weight is 410 g/mol. The number of nitrogens with zero attached hydrogens (tertiary/aromatic N) is 1. The fourth-order valence-corrected chi connectivity index (χ4v) is 3.21. The normalized spacial score (nSPS) is 13.0. The van der Waals surface area contributed by atoms with Gasteiger partial charge in [0.05, 0.1) is 22.5 Å². The van der Waals surface area contributed by atoms with E-state index < -0.39 is 17.6 Å². The second-order valence-electron chi connectivity index (χ2n) is 6.89. The Labute approximate surface area is 171 Å². The second kappa shape index (κ2) is 8.01. The molecule has 5 nitrogen and oxygen atoms in total. The number of carbonyl (C=O) groups is 2. The van der Waals surface area contributed by atoms with Crippen molar-refractivity contribution in [1.29, 1.82) is 0 Å². The zero-order valence-corrected chi connectivity index (χ0v) is 16.0. The first-order valence-corrected chi connectivity index (χ1v) is 9.50. The zero-order valence-electron chi connectivity index (χ0n) is 15.3. The molecule has 2 aromatic carbocycles. The van der Waals surface area contributed by atoms with E-state index in [0.717, 1.165) is 18.4 Å². The highest BCUT2D eigenvalue weighted by Crippen LogP contribution is 2.40. The summed E-state index contributed by atoms with van der Waals surface area (Å²) in [6.45, 7) is 0. The molecule has 2 amide bonds. The average Bonchev–Trinajstić information content (AvgIpc) is 3.55. The standard InChI is InChI=1S/C22H17ClFN3O2/c23-20-6-5-17(11-19(20)22(29)27-18-2-1-7-25-12-18)26-21(28)15-8-14(13-3-4-13)9-16(24)10-15/h1-2,5-13H,3-4H2,(H,26,28)(H,27,29). The Bertz CT molecular complexity index is 1080. The number of amides is 2. The minimum absolute atomic E-state index is 0.200. The fourth-order valence-electron chi connectivity index (χ4n) is 3.01. The number of hydrogen-bond acceptors (Lipinski definition) is 3. The molecule has 0 bridgehead atoms. The van der Waals surface area contributed by atoms with Crippen LogP contribution >= 0.6 is 11.6 Å². The van der Waals surface area contributed by atoms with Crippen LogP contribution in [0, 0.1) is 5.82 Å². The first kappa shape index (κ1) is 19.1. The van der Waals surface area contributed by atoms with E-state index in [0.29, 0.717) is 17.3 Å². The molecule has 1 aliphatic carbocycles. The van der Waals surface area contributed by atoms with Gasteiger partial charge in [0, 0.05) is 17.4 Å². The van der Waals surface area contributed by atoms with Gasteiger partial charge < -0.3 is 10.6 Å². The zero-order chi connectivity index (χ0) is 20.4. The molecule has 3 aromatic rings. The van der Waals surface area contributed by atoms with Crippen molar-refractivity contribution in [3.05, 3.63) is 88.5 Å². The lowest BCUT2D eigenvalue weighted by atomic mass is 10.1. The summed E-state index contributed by atoms with van der Waals surface area (Å²) in [5, 5.41) is 5.64. The molecule has 146 valence electrons. The summed E-state index contributed by atoms with van der Waals surface area (Å²) in [6, 6.07) is 12.4. The van der Waals surface area contributed by atoms with Crippen LogP contribution in [0.1, 0.15) is 45.0 Å². The Morgan fingerprint density at radius 3 is 2.52 bits per heavy atom. The number of benzene rings is 2. The summed E-state index contributed by atoms with van der Waals surface area (Å²) in [5.41, 5.74) is 2.18. The monoisotopic (exact) mass is 409 g/mol. The molecule has 2 N–H and O–H groups in total. The molecule has 0 unspecified atom stereocenters. The van der Waals surface area contributed by atoms with E-state index in [4.69, 9.17) is 11.6 Å². The lowest BCUT2D eigenvalue weighted by molar-refractivity contribution is 0.101. The van der Waals surface area contributed by atoms with E-state index in [9.17, 15) is 14.0 Å². The minimum Gasteiger partial charge on any atom is -0.322 e. The van der Waals surface area contributed by atoms with Crippen LogP contribution < -0.4 is 10.6 Å². The smallest absolute Gasteiger partial charge is 0.257 e. The molecule has 0 spiro atoms. The van der Waals surface area contributed by atoms with E-state index in [-0.39, 0.29) is 16.1 Å². The Kier molecular flexibility index (Phi) is 5.27. The van der Waals surface area contributed by atoms with Crippen LogP contribution in [0.3, 0.4) is 0 Å². The summed E-state index contributed by atoms with van der Waals surface area (Å²) in [7, 11) is 0. The van der Waals surface area contributed by atoms with Gasteiger partial charge in [-0.25, -0.2) is 4.39 Å². The number of anilines is 2. The molecule has 4 rings (SSSR count). The summed E-state index contributed by atoms with van der Waals surface area (Å²) < 4.78 is 13.9. The van der Waals surface area contributed by atoms with Gasteiger partial charge in [-0.15, -0.1) is 0 Å².